The molecule has 0 atom stereocenters. The van der Waals surface area contributed by atoms with Crippen LogP contribution in [0.15, 0.2) is 32.5 Å². The standard InChI is InChI=1S/C14H16BrN3O2S2/c1-9-10(15)5-6-12(17-9)22-18(11-7-21-8-16-11)13(19)20-14(2,3)4/h5-8H,1-4H3. The molecule has 118 valence electrons. The molecule has 0 unspecified atom stereocenters. The molecule has 0 saturated carbocycles. The van der Waals surface area contributed by atoms with Gasteiger partial charge in [0.05, 0.1) is 11.2 Å². The third kappa shape index (κ3) is 4.69. The minimum atomic E-state index is -0.574. The molecule has 2 rings (SSSR count). The van der Waals surface area contributed by atoms with Crippen molar-refractivity contribution in [3.63, 3.8) is 0 Å². The third-order valence-electron chi connectivity index (χ3n) is 2.37. The Hall–Kier alpha value is -1.12. The SMILES string of the molecule is Cc1nc(SN(C(=O)OC(C)(C)C)c2cscn2)ccc1Br. The average Bonchev–Trinajstić information content (AvgIpc) is 2.91. The molecular formula is C14H16BrN3O2S2. The molecule has 2 aromatic heterocycles. The van der Waals surface area contributed by atoms with Crippen LogP contribution in [-0.2, 0) is 4.74 Å². The number of hydrogen-bond acceptors (Lipinski definition) is 6. The second kappa shape index (κ2) is 6.97. The van der Waals surface area contributed by atoms with Crippen LogP contribution in [0.4, 0.5) is 10.6 Å². The predicted molar refractivity (Wildman–Crippen MR) is 93.4 cm³/mol. The van der Waals surface area contributed by atoms with E-state index >= 15 is 0 Å². The molecule has 8 heteroatoms. The van der Waals surface area contributed by atoms with Crippen LogP contribution >= 0.6 is 39.2 Å². The van der Waals surface area contributed by atoms with Crippen molar-refractivity contribution in [1.82, 2.24) is 9.97 Å². The Morgan fingerprint density at radius 1 is 1.41 bits per heavy atom. The summed E-state index contributed by atoms with van der Waals surface area (Å²) in [6.45, 7) is 7.39. The lowest BCUT2D eigenvalue weighted by Gasteiger charge is -2.24. The summed E-state index contributed by atoms with van der Waals surface area (Å²) in [5, 5.41) is 2.49. The molecule has 0 spiro atoms. The lowest BCUT2D eigenvalue weighted by atomic mass is 10.2. The number of halogens is 1. The van der Waals surface area contributed by atoms with Crippen molar-refractivity contribution in [2.75, 3.05) is 4.31 Å². The number of pyridine rings is 1. The largest absolute Gasteiger partial charge is 0.443 e. The zero-order chi connectivity index (χ0) is 16.3. The molecule has 0 fully saturated rings. The number of rotatable bonds is 3. The van der Waals surface area contributed by atoms with Gasteiger partial charge >= 0.3 is 6.09 Å². The van der Waals surface area contributed by atoms with E-state index < -0.39 is 11.7 Å². The topological polar surface area (TPSA) is 55.3 Å². The summed E-state index contributed by atoms with van der Waals surface area (Å²) in [6.07, 6.45) is -0.467. The van der Waals surface area contributed by atoms with Gasteiger partial charge in [-0.15, -0.1) is 11.3 Å². The van der Waals surface area contributed by atoms with E-state index in [1.54, 1.807) is 10.9 Å². The zero-order valence-electron chi connectivity index (χ0n) is 12.7. The molecule has 0 bridgehead atoms. The highest BCUT2D eigenvalue weighted by Crippen LogP contribution is 2.30. The van der Waals surface area contributed by atoms with Gasteiger partial charge in [0.1, 0.15) is 10.6 Å². The minimum absolute atomic E-state index is 0.467. The number of amides is 1. The van der Waals surface area contributed by atoms with Crippen molar-refractivity contribution in [1.29, 1.82) is 0 Å². The summed E-state index contributed by atoms with van der Waals surface area (Å²) < 4.78 is 7.78. The smallest absolute Gasteiger partial charge is 0.426 e. The monoisotopic (exact) mass is 401 g/mol. The Morgan fingerprint density at radius 3 is 2.68 bits per heavy atom. The molecule has 0 aliphatic carbocycles. The van der Waals surface area contributed by atoms with E-state index in [1.165, 1.54) is 27.6 Å². The Bertz CT molecular complexity index is 657. The highest BCUT2D eigenvalue weighted by molar-refractivity contribution is 9.10. The van der Waals surface area contributed by atoms with Crippen molar-refractivity contribution in [2.45, 2.75) is 38.3 Å². The van der Waals surface area contributed by atoms with Crippen LogP contribution in [0.1, 0.15) is 26.5 Å². The summed E-state index contributed by atoms with van der Waals surface area (Å²) >= 11 is 6.02. The molecule has 2 aromatic rings. The lowest BCUT2D eigenvalue weighted by molar-refractivity contribution is 0.0611. The number of thiazole rings is 1. The lowest BCUT2D eigenvalue weighted by Crippen LogP contribution is -2.32. The van der Waals surface area contributed by atoms with Crippen molar-refractivity contribution >= 4 is 51.1 Å². The van der Waals surface area contributed by atoms with Gasteiger partial charge in [-0.1, -0.05) is 0 Å². The molecular weight excluding hydrogens is 386 g/mol. The maximum atomic E-state index is 12.4. The van der Waals surface area contributed by atoms with E-state index in [1.807, 2.05) is 39.8 Å². The number of nitrogens with zero attached hydrogens (tertiary/aromatic N) is 3. The fourth-order valence-electron chi connectivity index (χ4n) is 1.45. The first kappa shape index (κ1) is 17.2. The molecule has 0 aliphatic rings. The summed E-state index contributed by atoms with van der Waals surface area (Å²) in [5.74, 6) is 0.534. The Kier molecular flexibility index (Phi) is 5.46. The zero-order valence-corrected chi connectivity index (χ0v) is 15.9. The second-order valence-electron chi connectivity index (χ2n) is 5.43. The fourth-order valence-corrected chi connectivity index (χ4v) is 3.06. The predicted octanol–water partition coefficient (Wildman–Crippen LogP) is 5.06. The van der Waals surface area contributed by atoms with Crippen LogP contribution in [0.2, 0.25) is 0 Å². The summed E-state index contributed by atoms with van der Waals surface area (Å²) in [4.78, 5) is 21.1. The third-order valence-corrected chi connectivity index (χ3v) is 4.71. The van der Waals surface area contributed by atoms with Crippen molar-refractivity contribution in [3.8, 4) is 0 Å². The van der Waals surface area contributed by atoms with Gasteiger partial charge in [-0.05, 0) is 55.8 Å². The number of hydrogen-bond donors (Lipinski definition) is 0. The van der Waals surface area contributed by atoms with Gasteiger partial charge in [0.25, 0.3) is 0 Å². The van der Waals surface area contributed by atoms with Gasteiger partial charge in [0.15, 0.2) is 5.82 Å². The van der Waals surface area contributed by atoms with Gasteiger partial charge < -0.3 is 4.74 Å². The van der Waals surface area contributed by atoms with Gasteiger partial charge in [0, 0.05) is 21.8 Å². The number of carbonyl (C=O) groups excluding carboxylic acids is 1. The Balaban J connectivity index is 2.25. The average molecular weight is 402 g/mol. The van der Waals surface area contributed by atoms with Gasteiger partial charge in [-0.25, -0.2) is 14.8 Å². The molecule has 0 radical (unpaired) electrons. The van der Waals surface area contributed by atoms with E-state index in [4.69, 9.17) is 4.74 Å². The quantitative estimate of drug-likeness (QED) is 0.672. The molecule has 22 heavy (non-hydrogen) atoms. The minimum Gasteiger partial charge on any atom is -0.443 e. The molecule has 2 heterocycles. The van der Waals surface area contributed by atoms with Crippen LogP contribution in [0.5, 0.6) is 0 Å². The van der Waals surface area contributed by atoms with Crippen molar-refractivity contribution < 1.29 is 9.53 Å². The van der Waals surface area contributed by atoms with Crippen molar-refractivity contribution in [3.05, 3.63) is 33.2 Å². The van der Waals surface area contributed by atoms with Crippen LogP contribution in [0.25, 0.3) is 0 Å². The van der Waals surface area contributed by atoms with Crippen LogP contribution in [-0.4, -0.2) is 21.7 Å². The maximum Gasteiger partial charge on any atom is 0.426 e. The summed E-state index contributed by atoms with van der Waals surface area (Å²) in [5.41, 5.74) is 1.95. The number of aryl methyl sites for hydroxylation is 1. The van der Waals surface area contributed by atoms with E-state index in [-0.39, 0.29) is 0 Å². The van der Waals surface area contributed by atoms with Crippen LogP contribution < -0.4 is 4.31 Å². The van der Waals surface area contributed by atoms with Crippen LogP contribution in [0, 0.1) is 6.92 Å². The molecule has 0 N–H and O–H groups in total. The normalized spacial score (nSPS) is 11.3. The van der Waals surface area contributed by atoms with Gasteiger partial charge in [-0.2, -0.15) is 4.31 Å². The fraction of sp³-hybridized carbons (Fsp3) is 0.357. The number of ether oxygens (including phenoxy) is 1. The first-order valence-corrected chi connectivity index (χ1v) is 8.99. The highest BCUT2D eigenvalue weighted by Gasteiger charge is 2.26. The molecule has 1 amide bonds. The first-order valence-electron chi connectivity index (χ1n) is 6.49. The Morgan fingerprint density at radius 2 is 2.14 bits per heavy atom. The summed E-state index contributed by atoms with van der Waals surface area (Å²) in [6, 6.07) is 3.74. The number of anilines is 1. The van der Waals surface area contributed by atoms with Gasteiger partial charge in [-0.3, -0.25) is 0 Å². The van der Waals surface area contributed by atoms with Crippen LogP contribution in [0.3, 0.4) is 0 Å². The highest BCUT2D eigenvalue weighted by atomic mass is 79.9. The molecule has 0 aliphatic heterocycles. The summed E-state index contributed by atoms with van der Waals surface area (Å²) in [7, 11) is 0. The maximum absolute atomic E-state index is 12.4. The van der Waals surface area contributed by atoms with E-state index in [0.29, 0.717) is 10.8 Å². The van der Waals surface area contributed by atoms with E-state index in [0.717, 1.165) is 10.2 Å². The van der Waals surface area contributed by atoms with Gasteiger partial charge in [0.2, 0.25) is 0 Å². The number of carbonyl (C=O) groups is 1. The first-order chi connectivity index (χ1) is 10.3. The Labute approximate surface area is 146 Å². The van der Waals surface area contributed by atoms with E-state index in [9.17, 15) is 4.79 Å². The second-order valence-corrected chi connectivity index (χ2v) is 7.97. The molecule has 0 aromatic carbocycles. The molecule has 0 saturated heterocycles. The van der Waals surface area contributed by atoms with Crippen molar-refractivity contribution in [2.24, 2.45) is 0 Å². The van der Waals surface area contributed by atoms with E-state index in [2.05, 4.69) is 25.9 Å². The number of aromatic nitrogens is 2. The molecule has 5 nitrogen and oxygen atoms in total.